The topological polar surface area (TPSA) is 95.9 Å². The van der Waals surface area contributed by atoms with Crippen molar-refractivity contribution in [3.8, 4) is 0 Å². The van der Waals surface area contributed by atoms with Crippen LogP contribution in [0.15, 0.2) is 36.5 Å². The van der Waals surface area contributed by atoms with Gasteiger partial charge in [-0.25, -0.2) is 0 Å². The first kappa shape index (κ1) is 68.1. The molecule has 0 aliphatic rings. The van der Waals surface area contributed by atoms with E-state index in [4.69, 9.17) is 4.74 Å². The lowest BCUT2D eigenvalue weighted by molar-refractivity contribution is -0.151. The van der Waals surface area contributed by atoms with Crippen LogP contribution in [0, 0.1) is 0 Å². The summed E-state index contributed by atoms with van der Waals surface area (Å²) in [5.41, 5.74) is 0. The summed E-state index contributed by atoms with van der Waals surface area (Å²) in [5.74, 6) is -0.492. The maximum Gasteiger partial charge on any atom is 0.306 e. The van der Waals surface area contributed by atoms with Crippen molar-refractivity contribution in [2.24, 2.45) is 0 Å². The van der Waals surface area contributed by atoms with E-state index in [9.17, 15) is 19.8 Å². The quantitative estimate of drug-likeness (QED) is 0.0321. The fraction of sp³-hybridized carbons (Fsp3) is 0.875. The molecule has 1 amide bonds. The minimum Gasteiger partial charge on any atom is -0.462 e. The Hall–Kier alpha value is -1.92. The Balaban J connectivity index is 4.52. The fourth-order valence-electron chi connectivity index (χ4n) is 9.73. The molecule has 0 aliphatic carbocycles. The molecule has 0 spiro atoms. The number of ether oxygens (including phenoxy) is 1. The van der Waals surface area contributed by atoms with Crippen molar-refractivity contribution in [2.75, 3.05) is 6.61 Å². The molecule has 0 fully saturated rings. The standard InChI is InChI=1S/C64H121NO5/c1-4-7-10-13-16-19-22-25-28-30-31-33-36-39-42-45-48-51-54-57-64(69)70-60(55-52-49-46-43-40-37-34-27-24-21-18-15-12-9-6-3)58-63(68)65-61(59-66)62(67)56-53-50-47-44-41-38-35-32-29-26-23-20-17-14-11-8-5-2/h18,21,27,34,40,43,60-62,66-67H,4-17,19-20,22-26,28-33,35-39,41-42,44-59H2,1-3H3,(H,65,68)/b21-18-,34-27-,43-40-. The number of unbranched alkanes of at least 4 members (excludes halogenated alkanes) is 39. The zero-order valence-electron chi connectivity index (χ0n) is 47.2. The van der Waals surface area contributed by atoms with Gasteiger partial charge in [-0.2, -0.15) is 0 Å². The number of hydrogen-bond acceptors (Lipinski definition) is 5. The van der Waals surface area contributed by atoms with Crippen LogP contribution in [-0.4, -0.2) is 46.9 Å². The van der Waals surface area contributed by atoms with Crippen molar-refractivity contribution in [1.82, 2.24) is 5.32 Å². The van der Waals surface area contributed by atoms with Gasteiger partial charge in [0.25, 0.3) is 0 Å². The van der Waals surface area contributed by atoms with Crippen molar-refractivity contribution in [3.63, 3.8) is 0 Å². The first-order chi connectivity index (χ1) is 34.5. The summed E-state index contributed by atoms with van der Waals surface area (Å²) >= 11 is 0. The van der Waals surface area contributed by atoms with Crippen molar-refractivity contribution in [2.45, 2.75) is 354 Å². The van der Waals surface area contributed by atoms with Gasteiger partial charge in [-0.05, 0) is 64.2 Å². The van der Waals surface area contributed by atoms with E-state index < -0.39 is 18.2 Å². The highest BCUT2D eigenvalue weighted by molar-refractivity contribution is 5.77. The van der Waals surface area contributed by atoms with E-state index in [1.807, 2.05) is 0 Å². The van der Waals surface area contributed by atoms with E-state index in [1.165, 1.54) is 218 Å². The molecule has 6 heteroatoms. The lowest BCUT2D eigenvalue weighted by Gasteiger charge is -2.24. The molecule has 0 aromatic rings. The molecule has 0 radical (unpaired) electrons. The molecule has 412 valence electrons. The van der Waals surface area contributed by atoms with Crippen LogP contribution in [-0.2, 0) is 14.3 Å². The highest BCUT2D eigenvalue weighted by Gasteiger charge is 2.24. The minimum atomic E-state index is -0.797. The Morgan fingerprint density at radius 3 is 1.11 bits per heavy atom. The van der Waals surface area contributed by atoms with Crippen LogP contribution in [0.5, 0.6) is 0 Å². The third-order valence-electron chi connectivity index (χ3n) is 14.5. The first-order valence-corrected chi connectivity index (χ1v) is 31.2. The van der Waals surface area contributed by atoms with Gasteiger partial charge in [0.15, 0.2) is 0 Å². The maximum atomic E-state index is 13.3. The summed E-state index contributed by atoms with van der Waals surface area (Å²) in [7, 11) is 0. The molecule has 3 unspecified atom stereocenters. The van der Waals surface area contributed by atoms with Gasteiger partial charge in [0, 0.05) is 6.42 Å². The number of amides is 1. The number of carbonyl (C=O) groups excluding carboxylic acids is 2. The smallest absolute Gasteiger partial charge is 0.306 e. The minimum absolute atomic E-state index is 0.0565. The Kier molecular flexibility index (Phi) is 56.4. The van der Waals surface area contributed by atoms with Gasteiger partial charge in [0.05, 0.1) is 25.2 Å². The van der Waals surface area contributed by atoms with Gasteiger partial charge < -0.3 is 20.3 Å². The average molecular weight is 985 g/mol. The Labute approximate surface area is 436 Å². The van der Waals surface area contributed by atoms with Gasteiger partial charge in [-0.15, -0.1) is 0 Å². The van der Waals surface area contributed by atoms with Crippen LogP contribution in [0.2, 0.25) is 0 Å². The molecule has 0 bridgehead atoms. The monoisotopic (exact) mass is 984 g/mol. The molecule has 0 rings (SSSR count). The molecule has 0 saturated heterocycles. The number of nitrogens with one attached hydrogen (secondary N) is 1. The molecule has 0 aromatic carbocycles. The highest BCUT2D eigenvalue weighted by atomic mass is 16.5. The molecular formula is C64H121NO5. The van der Waals surface area contributed by atoms with Crippen molar-refractivity contribution >= 4 is 11.9 Å². The largest absolute Gasteiger partial charge is 0.462 e. The third kappa shape index (κ3) is 52.4. The second kappa shape index (κ2) is 58.0. The van der Waals surface area contributed by atoms with Gasteiger partial charge >= 0.3 is 5.97 Å². The van der Waals surface area contributed by atoms with E-state index >= 15 is 0 Å². The zero-order valence-corrected chi connectivity index (χ0v) is 47.2. The summed E-state index contributed by atoms with van der Waals surface area (Å²) < 4.78 is 5.96. The molecule has 0 aliphatic heterocycles. The fourth-order valence-corrected chi connectivity index (χ4v) is 9.73. The predicted octanol–water partition coefficient (Wildman–Crippen LogP) is 19.6. The van der Waals surface area contributed by atoms with E-state index in [-0.39, 0.29) is 24.9 Å². The van der Waals surface area contributed by atoms with Gasteiger partial charge in [0.1, 0.15) is 6.10 Å². The second-order valence-corrected chi connectivity index (χ2v) is 21.5. The molecule has 0 aromatic heterocycles. The Morgan fingerprint density at radius 1 is 0.414 bits per heavy atom. The molecule has 0 saturated carbocycles. The first-order valence-electron chi connectivity index (χ1n) is 31.2. The number of carbonyl (C=O) groups is 2. The van der Waals surface area contributed by atoms with Gasteiger partial charge in [0.2, 0.25) is 5.91 Å². The maximum absolute atomic E-state index is 13.3. The van der Waals surface area contributed by atoms with Crippen LogP contribution in [0.1, 0.15) is 335 Å². The summed E-state index contributed by atoms with van der Waals surface area (Å²) in [6, 6.07) is -0.713. The average Bonchev–Trinajstić information content (AvgIpc) is 3.35. The summed E-state index contributed by atoms with van der Waals surface area (Å²) in [4.78, 5) is 26.3. The van der Waals surface area contributed by atoms with E-state index in [0.717, 1.165) is 70.6 Å². The lowest BCUT2D eigenvalue weighted by atomic mass is 10.0. The van der Waals surface area contributed by atoms with Crippen LogP contribution >= 0.6 is 0 Å². The van der Waals surface area contributed by atoms with Crippen molar-refractivity contribution in [3.05, 3.63) is 36.5 Å². The third-order valence-corrected chi connectivity index (χ3v) is 14.5. The molecule has 0 heterocycles. The van der Waals surface area contributed by atoms with Crippen LogP contribution < -0.4 is 5.32 Å². The summed E-state index contributed by atoms with van der Waals surface area (Å²) in [6.07, 6.45) is 70.8. The number of rotatable bonds is 57. The molecule has 3 atom stereocenters. The van der Waals surface area contributed by atoms with Gasteiger partial charge in [-0.1, -0.05) is 295 Å². The number of esters is 1. The number of aliphatic hydroxyl groups is 2. The van der Waals surface area contributed by atoms with E-state index in [1.54, 1.807) is 0 Å². The van der Waals surface area contributed by atoms with E-state index in [0.29, 0.717) is 19.3 Å². The normalized spacial score (nSPS) is 13.3. The Bertz CT molecular complexity index is 1150. The van der Waals surface area contributed by atoms with Crippen molar-refractivity contribution in [1.29, 1.82) is 0 Å². The molecule has 6 nitrogen and oxygen atoms in total. The molecular weight excluding hydrogens is 863 g/mol. The summed E-state index contributed by atoms with van der Waals surface area (Å²) in [6.45, 7) is 6.50. The SMILES string of the molecule is CCCCC/C=C\C/C=C\C/C=C\CCCCC(CC(=O)NC(CO)C(O)CCCCCCCCCCCCCCCCCCC)OC(=O)CCCCCCCCCCCCCCCCCCCCC. The van der Waals surface area contributed by atoms with Crippen LogP contribution in [0.25, 0.3) is 0 Å². The molecule has 3 N–H and O–H groups in total. The second-order valence-electron chi connectivity index (χ2n) is 21.5. The molecule has 70 heavy (non-hydrogen) atoms. The highest BCUT2D eigenvalue weighted by Crippen LogP contribution is 2.19. The van der Waals surface area contributed by atoms with Crippen LogP contribution in [0.4, 0.5) is 0 Å². The Morgan fingerprint density at radius 2 is 0.729 bits per heavy atom. The predicted molar refractivity (Wildman–Crippen MR) is 306 cm³/mol. The number of allylic oxidation sites excluding steroid dienone is 6. The van der Waals surface area contributed by atoms with Gasteiger partial charge in [-0.3, -0.25) is 9.59 Å². The number of aliphatic hydroxyl groups excluding tert-OH is 2. The number of hydrogen-bond donors (Lipinski definition) is 3. The van der Waals surface area contributed by atoms with Crippen LogP contribution in [0.3, 0.4) is 0 Å². The van der Waals surface area contributed by atoms with E-state index in [2.05, 4.69) is 62.5 Å². The summed E-state index contributed by atoms with van der Waals surface area (Å²) in [5, 5.41) is 23.9. The van der Waals surface area contributed by atoms with Crippen molar-refractivity contribution < 1.29 is 24.5 Å². The lowest BCUT2D eigenvalue weighted by Crippen LogP contribution is -2.46. The zero-order chi connectivity index (χ0) is 50.9.